The van der Waals surface area contributed by atoms with E-state index in [9.17, 15) is 14.4 Å². The fraction of sp³-hybridized carbons (Fsp3) is 0.522. The van der Waals surface area contributed by atoms with Gasteiger partial charge in [-0.05, 0) is 73.0 Å². The van der Waals surface area contributed by atoms with Gasteiger partial charge < -0.3 is 5.32 Å². The molecule has 1 N–H and O–H groups in total. The van der Waals surface area contributed by atoms with Gasteiger partial charge in [0, 0.05) is 5.69 Å². The standard InChI is InChI=1S/C23H24N2O3/c26-19(24-18-7-3-5-12-4-1-2-6-13(12)18)11-25-22(27)20-14-8-9-15(17-10-16(14)17)21(20)23(25)28/h3,5,7-9,14-17,20-21H,1-2,4,6,10-11H2,(H,24,26)/t14-,15-,16-,17-,20-,21+/m1/s1. The molecule has 6 atom stereocenters. The van der Waals surface area contributed by atoms with Crippen LogP contribution in [0.1, 0.15) is 30.4 Å². The van der Waals surface area contributed by atoms with Crippen molar-refractivity contribution in [3.8, 4) is 0 Å². The summed E-state index contributed by atoms with van der Waals surface area (Å²) in [5, 5.41) is 2.97. The molecule has 0 spiro atoms. The Morgan fingerprint density at radius 3 is 2.39 bits per heavy atom. The second-order valence-electron chi connectivity index (χ2n) is 9.12. The number of anilines is 1. The highest BCUT2D eigenvalue weighted by Gasteiger charge is 2.67. The van der Waals surface area contributed by atoms with Crippen LogP contribution in [0.3, 0.4) is 0 Å². The van der Waals surface area contributed by atoms with Crippen molar-refractivity contribution in [1.29, 1.82) is 0 Å². The largest absolute Gasteiger partial charge is 0.324 e. The molecule has 5 nitrogen and oxygen atoms in total. The maximum absolute atomic E-state index is 13.0. The number of nitrogens with zero attached hydrogens (tertiary/aromatic N) is 1. The zero-order chi connectivity index (χ0) is 19.0. The number of aryl methyl sites for hydroxylation is 1. The van der Waals surface area contributed by atoms with Crippen molar-refractivity contribution in [3.63, 3.8) is 0 Å². The molecule has 2 bridgehead atoms. The van der Waals surface area contributed by atoms with Crippen LogP contribution in [0.5, 0.6) is 0 Å². The third-order valence-corrected chi connectivity index (χ3v) is 7.73. The molecule has 0 radical (unpaired) electrons. The number of hydrogen-bond donors (Lipinski definition) is 1. The Labute approximate surface area is 164 Å². The lowest BCUT2D eigenvalue weighted by Gasteiger charge is -2.37. The van der Waals surface area contributed by atoms with E-state index in [0.717, 1.165) is 31.4 Å². The molecular weight excluding hydrogens is 352 g/mol. The molecule has 1 aromatic carbocycles. The van der Waals surface area contributed by atoms with Crippen LogP contribution in [0.15, 0.2) is 30.4 Å². The van der Waals surface area contributed by atoms with Crippen molar-refractivity contribution >= 4 is 23.4 Å². The first kappa shape index (κ1) is 16.5. The molecule has 5 aliphatic carbocycles. The Balaban J connectivity index is 1.20. The molecule has 0 aromatic heterocycles. The maximum atomic E-state index is 13.0. The minimum absolute atomic E-state index is 0.134. The Morgan fingerprint density at radius 2 is 1.68 bits per heavy atom. The van der Waals surface area contributed by atoms with Crippen LogP contribution in [0.4, 0.5) is 5.69 Å². The molecule has 5 heteroatoms. The van der Waals surface area contributed by atoms with Crippen LogP contribution in [-0.2, 0) is 27.2 Å². The van der Waals surface area contributed by atoms with Crippen LogP contribution in [0, 0.1) is 35.5 Å². The van der Waals surface area contributed by atoms with Gasteiger partial charge in [0.1, 0.15) is 6.54 Å². The number of fused-ring (bicyclic) bond motifs is 1. The van der Waals surface area contributed by atoms with Gasteiger partial charge in [0.15, 0.2) is 0 Å². The number of likely N-dealkylation sites (tertiary alicyclic amines) is 1. The zero-order valence-corrected chi connectivity index (χ0v) is 15.8. The van der Waals surface area contributed by atoms with E-state index in [1.54, 1.807) is 0 Å². The Morgan fingerprint density at radius 1 is 1.00 bits per heavy atom. The third-order valence-electron chi connectivity index (χ3n) is 7.73. The van der Waals surface area contributed by atoms with Crippen LogP contribution >= 0.6 is 0 Å². The quantitative estimate of drug-likeness (QED) is 0.651. The lowest BCUT2D eigenvalue weighted by atomic mass is 9.63. The molecule has 1 saturated heterocycles. The molecule has 3 fully saturated rings. The number of carbonyl (C=O) groups is 3. The van der Waals surface area contributed by atoms with Gasteiger partial charge in [-0.1, -0.05) is 24.3 Å². The van der Waals surface area contributed by atoms with E-state index in [4.69, 9.17) is 0 Å². The molecule has 6 aliphatic rings. The SMILES string of the molecule is O=C(CN1C(=O)[C@@H]2[C@@H]3C=C[C@H]([C@H]4C[C@H]34)[C@@H]2C1=O)Nc1cccc2c1CCCC2. The predicted octanol–water partition coefficient (Wildman–Crippen LogP) is 2.56. The normalized spacial score (nSPS) is 36.8. The molecule has 144 valence electrons. The minimum Gasteiger partial charge on any atom is -0.324 e. The average Bonchev–Trinajstić information content (AvgIpc) is 3.49. The molecule has 28 heavy (non-hydrogen) atoms. The molecule has 1 aliphatic heterocycles. The topological polar surface area (TPSA) is 66.5 Å². The molecule has 0 unspecified atom stereocenters. The van der Waals surface area contributed by atoms with E-state index in [2.05, 4.69) is 23.5 Å². The first-order valence-electron chi connectivity index (χ1n) is 10.6. The van der Waals surface area contributed by atoms with Crippen LogP contribution < -0.4 is 5.32 Å². The van der Waals surface area contributed by atoms with Crippen LogP contribution in [-0.4, -0.2) is 29.2 Å². The molecule has 1 aromatic rings. The van der Waals surface area contributed by atoms with E-state index >= 15 is 0 Å². The highest BCUT2D eigenvalue weighted by molar-refractivity contribution is 6.09. The van der Waals surface area contributed by atoms with Gasteiger partial charge >= 0.3 is 0 Å². The summed E-state index contributed by atoms with van der Waals surface area (Å²) in [4.78, 5) is 40.0. The predicted molar refractivity (Wildman–Crippen MR) is 103 cm³/mol. The second kappa shape index (κ2) is 5.79. The van der Waals surface area contributed by atoms with Crippen molar-refractivity contribution in [2.75, 3.05) is 11.9 Å². The molecule has 3 amide bonds. The van der Waals surface area contributed by atoms with E-state index in [1.807, 2.05) is 12.1 Å². The van der Waals surface area contributed by atoms with Crippen molar-refractivity contribution < 1.29 is 14.4 Å². The second-order valence-corrected chi connectivity index (χ2v) is 9.12. The fourth-order valence-electron chi connectivity index (χ4n) is 6.41. The number of allylic oxidation sites excluding steroid dienone is 2. The van der Waals surface area contributed by atoms with Crippen molar-refractivity contribution in [2.24, 2.45) is 35.5 Å². The Bertz CT molecular complexity index is 900. The van der Waals surface area contributed by atoms with E-state index in [1.165, 1.54) is 22.4 Å². The minimum atomic E-state index is -0.273. The lowest BCUT2D eigenvalue weighted by Crippen LogP contribution is -2.40. The monoisotopic (exact) mass is 376 g/mol. The zero-order valence-electron chi connectivity index (χ0n) is 15.8. The summed E-state index contributed by atoms with van der Waals surface area (Å²) < 4.78 is 0. The first-order chi connectivity index (χ1) is 13.6. The third kappa shape index (κ3) is 2.22. The summed E-state index contributed by atoms with van der Waals surface area (Å²) >= 11 is 0. The molecule has 1 heterocycles. The average molecular weight is 376 g/mol. The lowest BCUT2D eigenvalue weighted by molar-refractivity contribution is -0.142. The number of carbonyl (C=O) groups excluding carboxylic acids is 3. The van der Waals surface area contributed by atoms with Gasteiger partial charge in [-0.2, -0.15) is 0 Å². The Kier molecular flexibility index (Phi) is 3.41. The summed E-state index contributed by atoms with van der Waals surface area (Å²) in [6.07, 6.45) is 9.79. The number of rotatable bonds is 3. The Hall–Kier alpha value is -2.43. The summed E-state index contributed by atoms with van der Waals surface area (Å²) in [7, 11) is 0. The van der Waals surface area contributed by atoms with Crippen molar-refractivity contribution in [2.45, 2.75) is 32.1 Å². The van der Waals surface area contributed by atoms with Gasteiger partial charge in [-0.15, -0.1) is 0 Å². The van der Waals surface area contributed by atoms with E-state index in [-0.39, 0.29) is 47.9 Å². The summed E-state index contributed by atoms with van der Waals surface area (Å²) in [6, 6.07) is 6.01. The van der Waals surface area contributed by atoms with Crippen LogP contribution in [0.2, 0.25) is 0 Å². The smallest absolute Gasteiger partial charge is 0.244 e. The van der Waals surface area contributed by atoms with Gasteiger partial charge in [0.05, 0.1) is 11.8 Å². The summed E-state index contributed by atoms with van der Waals surface area (Å²) in [6.45, 7) is -0.164. The number of amides is 3. The number of nitrogens with one attached hydrogen (secondary N) is 1. The first-order valence-corrected chi connectivity index (χ1v) is 10.6. The molecule has 2 saturated carbocycles. The maximum Gasteiger partial charge on any atom is 0.244 e. The highest BCUT2D eigenvalue weighted by Crippen LogP contribution is 2.65. The highest BCUT2D eigenvalue weighted by atomic mass is 16.2. The number of hydrogen-bond acceptors (Lipinski definition) is 3. The van der Waals surface area contributed by atoms with Gasteiger partial charge in [-0.25, -0.2) is 0 Å². The van der Waals surface area contributed by atoms with Crippen molar-refractivity contribution in [3.05, 3.63) is 41.5 Å². The molecule has 7 rings (SSSR count). The van der Waals surface area contributed by atoms with Gasteiger partial charge in [0.2, 0.25) is 17.7 Å². The summed E-state index contributed by atoms with van der Waals surface area (Å²) in [5.41, 5.74) is 3.34. The summed E-state index contributed by atoms with van der Waals surface area (Å²) in [5.74, 6) is 0.554. The van der Waals surface area contributed by atoms with Crippen molar-refractivity contribution in [1.82, 2.24) is 4.90 Å². The number of benzene rings is 1. The fourth-order valence-corrected chi connectivity index (χ4v) is 6.41. The van der Waals surface area contributed by atoms with Gasteiger partial charge in [-0.3, -0.25) is 19.3 Å². The van der Waals surface area contributed by atoms with E-state index in [0.29, 0.717) is 11.8 Å². The van der Waals surface area contributed by atoms with E-state index < -0.39 is 0 Å². The van der Waals surface area contributed by atoms with Gasteiger partial charge in [0.25, 0.3) is 0 Å². The number of imide groups is 1. The van der Waals surface area contributed by atoms with Crippen LogP contribution in [0.25, 0.3) is 0 Å². The molecular formula is C23H24N2O3.